The highest BCUT2D eigenvalue weighted by Crippen LogP contribution is 2.13. The van der Waals surface area contributed by atoms with Crippen molar-refractivity contribution in [1.29, 1.82) is 10.5 Å². The van der Waals surface area contributed by atoms with E-state index >= 15 is 0 Å². The van der Waals surface area contributed by atoms with E-state index in [0.717, 1.165) is 5.56 Å². The van der Waals surface area contributed by atoms with Crippen molar-refractivity contribution in [2.24, 2.45) is 11.6 Å². The maximum Gasteiger partial charge on any atom is 0.277 e. The number of hydrazine groups is 1. The number of allylic oxidation sites excluding steroid dienone is 1. The van der Waals surface area contributed by atoms with Gasteiger partial charge < -0.3 is 5.73 Å². The van der Waals surface area contributed by atoms with Crippen LogP contribution in [0.3, 0.4) is 0 Å². The van der Waals surface area contributed by atoms with E-state index in [1.54, 1.807) is 35.8 Å². The molecule has 6 heteroatoms. The van der Waals surface area contributed by atoms with Gasteiger partial charge in [-0.1, -0.05) is 30.3 Å². The van der Waals surface area contributed by atoms with Crippen molar-refractivity contribution >= 4 is 12.0 Å². The van der Waals surface area contributed by atoms with Gasteiger partial charge in [-0.2, -0.15) is 10.5 Å². The van der Waals surface area contributed by atoms with Crippen molar-refractivity contribution in [1.82, 2.24) is 5.43 Å². The molecule has 0 atom stereocenters. The van der Waals surface area contributed by atoms with Gasteiger partial charge in [-0.05, 0) is 11.6 Å². The van der Waals surface area contributed by atoms with Crippen LogP contribution in [0.5, 0.6) is 0 Å². The summed E-state index contributed by atoms with van der Waals surface area (Å²) in [6.45, 7) is 0. The van der Waals surface area contributed by atoms with E-state index in [2.05, 4.69) is 0 Å². The Hall–Kier alpha value is -3.09. The number of rotatable bonds is 3. The molecule has 1 amide bonds. The standard InChI is InChI=1S/C13H11N5O/c14-7-10(6-9-4-2-1-3-5-9)12(16)11(8-15)13(19)18-17/h1-6H,16-17H2,(H,18,19). The van der Waals surface area contributed by atoms with Crippen LogP contribution >= 0.6 is 0 Å². The predicted molar refractivity (Wildman–Crippen MR) is 69.2 cm³/mol. The summed E-state index contributed by atoms with van der Waals surface area (Å²) in [7, 11) is 0. The second-order valence-electron chi connectivity index (χ2n) is 3.45. The Kier molecular flexibility index (Phi) is 4.85. The number of carbonyl (C=O) groups is 1. The number of nitriles is 2. The molecule has 0 aliphatic carbocycles. The summed E-state index contributed by atoms with van der Waals surface area (Å²) in [4.78, 5) is 11.3. The van der Waals surface area contributed by atoms with Crippen molar-refractivity contribution < 1.29 is 4.79 Å². The van der Waals surface area contributed by atoms with Gasteiger partial charge in [0.25, 0.3) is 5.91 Å². The van der Waals surface area contributed by atoms with Crippen molar-refractivity contribution in [3.63, 3.8) is 0 Å². The Bertz CT molecular complexity index is 617. The van der Waals surface area contributed by atoms with E-state index in [4.69, 9.17) is 22.1 Å². The second kappa shape index (κ2) is 6.60. The molecule has 0 spiro atoms. The largest absolute Gasteiger partial charge is 0.396 e. The summed E-state index contributed by atoms with van der Waals surface area (Å²) in [5.74, 6) is 4.10. The number of nitrogens with one attached hydrogen (secondary N) is 1. The van der Waals surface area contributed by atoms with Gasteiger partial charge in [0, 0.05) is 0 Å². The van der Waals surface area contributed by atoms with Crippen LogP contribution in [-0.4, -0.2) is 5.91 Å². The summed E-state index contributed by atoms with van der Waals surface area (Å²) in [5, 5.41) is 17.9. The average molecular weight is 253 g/mol. The fraction of sp³-hybridized carbons (Fsp3) is 0. The highest BCUT2D eigenvalue weighted by atomic mass is 16.2. The second-order valence-corrected chi connectivity index (χ2v) is 3.45. The van der Waals surface area contributed by atoms with Gasteiger partial charge in [-0.3, -0.25) is 10.2 Å². The van der Waals surface area contributed by atoms with Crippen LogP contribution in [0.25, 0.3) is 6.08 Å². The number of amides is 1. The molecular formula is C13H11N5O. The number of hydrogen-bond donors (Lipinski definition) is 3. The number of hydrogen-bond acceptors (Lipinski definition) is 5. The normalized spacial score (nSPS) is 11.8. The maximum absolute atomic E-state index is 11.3. The van der Waals surface area contributed by atoms with E-state index in [9.17, 15) is 4.79 Å². The van der Waals surface area contributed by atoms with Crippen molar-refractivity contribution in [2.45, 2.75) is 0 Å². The van der Waals surface area contributed by atoms with Gasteiger partial charge in [-0.25, -0.2) is 5.84 Å². The number of nitrogens with two attached hydrogens (primary N) is 2. The van der Waals surface area contributed by atoms with Gasteiger partial charge in [0.15, 0.2) is 0 Å². The summed E-state index contributed by atoms with van der Waals surface area (Å²) in [6.07, 6.45) is 1.48. The molecular weight excluding hydrogens is 242 g/mol. The fourth-order valence-corrected chi connectivity index (χ4v) is 1.33. The molecule has 0 unspecified atom stereocenters. The fourth-order valence-electron chi connectivity index (χ4n) is 1.33. The van der Waals surface area contributed by atoms with E-state index < -0.39 is 11.5 Å². The number of nitrogens with zero attached hydrogens (tertiary/aromatic N) is 2. The van der Waals surface area contributed by atoms with Crippen LogP contribution in [-0.2, 0) is 4.79 Å². The SMILES string of the molecule is N#CC(=Cc1ccccc1)C(N)=C(C#N)C(=O)NN. The first-order valence-electron chi connectivity index (χ1n) is 5.22. The van der Waals surface area contributed by atoms with Crippen LogP contribution < -0.4 is 17.0 Å². The number of carbonyl (C=O) groups excluding carboxylic acids is 1. The molecule has 1 aromatic carbocycles. The lowest BCUT2D eigenvalue weighted by molar-refractivity contribution is -0.117. The quantitative estimate of drug-likeness (QED) is 0.178. The monoisotopic (exact) mass is 253 g/mol. The molecule has 6 nitrogen and oxygen atoms in total. The third-order valence-electron chi connectivity index (χ3n) is 2.26. The molecule has 0 radical (unpaired) electrons. The van der Waals surface area contributed by atoms with Crippen LogP contribution in [0.15, 0.2) is 47.2 Å². The lowest BCUT2D eigenvalue weighted by Gasteiger charge is -2.03. The smallest absolute Gasteiger partial charge is 0.277 e. The first-order valence-corrected chi connectivity index (χ1v) is 5.22. The molecule has 0 aromatic heterocycles. The van der Waals surface area contributed by atoms with Gasteiger partial charge in [-0.15, -0.1) is 0 Å². The molecule has 1 rings (SSSR count). The maximum atomic E-state index is 11.3. The molecule has 0 saturated carbocycles. The van der Waals surface area contributed by atoms with Gasteiger partial charge in [0.05, 0.1) is 11.3 Å². The molecule has 0 heterocycles. The van der Waals surface area contributed by atoms with Crippen molar-refractivity contribution in [3.05, 3.63) is 52.7 Å². The topological polar surface area (TPSA) is 129 Å². The Balaban J connectivity index is 3.29. The molecule has 19 heavy (non-hydrogen) atoms. The minimum Gasteiger partial charge on any atom is -0.396 e. The summed E-state index contributed by atoms with van der Waals surface area (Å²) < 4.78 is 0. The molecule has 5 N–H and O–H groups in total. The van der Waals surface area contributed by atoms with E-state index in [0.29, 0.717) is 0 Å². The van der Waals surface area contributed by atoms with E-state index in [1.165, 1.54) is 6.08 Å². The van der Waals surface area contributed by atoms with E-state index in [1.807, 2.05) is 12.1 Å². The molecule has 0 aliphatic rings. The third kappa shape index (κ3) is 3.43. The van der Waals surface area contributed by atoms with Crippen molar-refractivity contribution in [3.8, 4) is 12.1 Å². The first kappa shape index (κ1) is 14.0. The Morgan fingerprint density at radius 2 is 1.84 bits per heavy atom. The minimum atomic E-state index is -0.839. The van der Waals surface area contributed by atoms with E-state index in [-0.39, 0.29) is 11.3 Å². The van der Waals surface area contributed by atoms with Gasteiger partial charge in [0.1, 0.15) is 17.7 Å². The Morgan fingerprint density at radius 1 is 1.21 bits per heavy atom. The Morgan fingerprint density at radius 3 is 2.32 bits per heavy atom. The zero-order chi connectivity index (χ0) is 14.3. The lowest BCUT2D eigenvalue weighted by atomic mass is 10.1. The number of benzene rings is 1. The molecule has 0 aliphatic heterocycles. The molecule has 0 fully saturated rings. The average Bonchev–Trinajstić information content (AvgIpc) is 2.46. The highest BCUT2D eigenvalue weighted by molar-refractivity contribution is 5.98. The van der Waals surface area contributed by atoms with Crippen LogP contribution in [0, 0.1) is 22.7 Å². The molecule has 0 bridgehead atoms. The van der Waals surface area contributed by atoms with Gasteiger partial charge in [0.2, 0.25) is 0 Å². The first-order chi connectivity index (χ1) is 9.13. The zero-order valence-electron chi connectivity index (χ0n) is 9.92. The summed E-state index contributed by atoms with van der Waals surface area (Å²) in [5.41, 5.74) is 7.60. The van der Waals surface area contributed by atoms with Crippen LogP contribution in [0.1, 0.15) is 5.56 Å². The molecule has 94 valence electrons. The van der Waals surface area contributed by atoms with Crippen LogP contribution in [0.4, 0.5) is 0 Å². The van der Waals surface area contributed by atoms with Gasteiger partial charge >= 0.3 is 0 Å². The van der Waals surface area contributed by atoms with Crippen LogP contribution in [0.2, 0.25) is 0 Å². The molecule has 0 saturated heterocycles. The molecule has 1 aromatic rings. The summed E-state index contributed by atoms with van der Waals surface area (Å²) in [6, 6.07) is 12.4. The highest BCUT2D eigenvalue weighted by Gasteiger charge is 2.15. The lowest BCUT2D eigenvalue weighted by Crippen LogP contribution is -2.32. The predicted octanol–water partition coefficient (Wildman–Crippen LogP) is 0.320. The van der Waals surface area contributed by atoms with Crippen molar-refractivity contribution in [2.75, 3.05) is 0 Å². The zero-order valence-corrected chi connectivity index (χ0v) is 9.92. The minimum absolute atomic E-state index is 0.0198. The third-order valence-corrected chi connectivity index (χ3v) is 2.26. The Labute approximate surface area is 110 Å². The summed E-state index contributed by atoms with van der Waals surface area (Å²) >= 11 is 0.